The minimum atomic E-state index is -1.30. The highest BCUT2D eigenvalue weighted by Crippen LogP contribution is 2.57. The highest BCUT2D eigenvalue weighted by molar-refractivity contribution is 6.06. The maximum Gasteiger partial charge on any atom is 0.253 e. The molecule has 8 heteroatoms. The summed E-state index contributed by atoms with van der Waals surface area (Å²) in [6.45, 7) is 6.20. The molecule has 2 fully saturated rings. The van der Waals surface area contributed by atoms with E-state index in [0.717, 1.165) is 16.8 Å². The number of nitrogens with zero attached hydrogens (tertiary/aromatic N) is 3. The van der Waals surface area contributed by atoms with E-state index in [1.54, 1.807) is 16.8 Å². The first-order chi connectivity index (χ1) is 16.2. The third-order valence-electron chi connectivity index (χ3n) is 7.81. The van der Waals surface area contributed by atoms with Crippen molar-refractivity contribution in [2.45, 2.75) is 38.0 Å². The molecule has 2 saturated heterocycles. The topological polar surface area (TPSA) is 90.4 Å². The molecule has 0 aliphatic carbocycles. The van der Waals surface area contributed by atoms with Crippen LogP contribution in [-0.2, 0) is 19.1 Å². The van der Waals surface area contributed by atoms with Crippen molar-refractivity contribution in [3.05, 3.63) is 53.6 Å². The van der Waals surface area contributed by atoms with E-state index in [0.29, 0.717) is 13.1 Å². The van der Waals surface area contributed by atoms with Gasteiger partial charge in [-0.2, -0.15) is 0 Å². The Morgan fingerprint density at radius 1 is 1.00 bits per heavy atom. The minimum absolute atomic E-state index is 0.00537. The van der Waals surface area contributed by atoms with E-state index in [9.17, 15) is 19.5 Å². The molecule has 1 N–H and O–H groups in total. The standard InChI is InChI=1S/C26H31N3O5/c1-16-8-5-9-17(2)20(16)28-13-7-11-26-19(23(32)29(14-15-30)21(26)24(28)33)18-22(31)27(4)12-6-10-25(18,3)34-26/h5-11,18-19,21,30H,12-15H2,1-4H3/t18-,19+,21?,25+,26+/m1/s1. The van der Waals surface area contributed by atoms with Crippen molar-refractivity contribution in [1.82, 2.24) is 9.80 Å². The fourth-order valence-electron chi connectivity index (χ4n) is 6.42. The quantitative estimate of drug-likeness (QED) is 0.678. The third kappa shape index (κ3) is 2.94. The first-order valence-corrected chi connectivity index (χ1v) is 11.8. The van der Waals surface area contributed by atoms with Gasteiger partial charge in [0, 0.05) is 32.4 Å². The molecule has 5 atom stereocenters. The van der Waals surface area contributed by atoms with Crippen LogP contribution >= 0.6 is 0 Å². The summed E-state index contributed by atoms with van der Waals surface area (Å²) in [6.07, 6.45) is 7.44. The molecule has 1 unspecified atom stereocenters. The molecule has 8 nitrogen and oxygen atoms in total. The van der Waals surface area contributed by atoms with Gasteiger partial charge in [0.05, 0.1) is 24.0 Å². The van der Waals surface area contributed by atoms with Crippen molar-refractivity contribution >= 4 is 23.4 Å². The Morgan fingerprint density at radius 3 is 2.35 bits per heavy atom. The van der Waals surface area contributed by atoms with Crippen molar-refractivity contribution in [2.75, 3.05) is 38.2 Å². The van der Waals surface area contributed by atoms with Crippen LogP contribution in [0.15, 0.2) is 42.5 Å². The third-order valence-corrected chi connectivity index (χ3v) is 7.81. The van der Waals surface area contributed by atoms with Crippen LogP contribution in [-0.4, -0.2) is 83.2 Å². The zero-order chi connectivity index (χ0) is 24.4. The summed E-state index contributed by atoms with van der Waals surface area (Å²) in [5, 5.41) is 9.78. The Kier molecular flexibility index (Phi) is 5.22. The lowest BCUT2D eigenvalue weighted by Gasteiger charge is -2.37. The molecule has 3 amide bonds. The van der Waals surface area contributed by atoms with Gasteiger partial charge < -0.3 is 24.5 Å². The number of rotatable bonds is 3. The first-order valence-electron chi connectivity index (χ1n) is 11.8. The van der Waals surface area contributed by atoms with Crippen molar-refractivity contribution < 1.29 is 24.2 Å². The fourth-order valence-corrected chi connectivity index (χ4v) is 6.42. The molecule has 4 aliphatic heterocycles. The molecule has 4 aliphatic rings. The number of carbonyl (C=O) groups excluding carboxylic acids is 3. The van der Waals surface area contributed by atoms with Gasteiger partial charge in [-0.05, 0) is 31.9 Å². The number of para-hydroxylation sites is 1. The van der Waals surface area contributed by atoms with Gasteiger partial charge in [0.25, 0.3) is 5.91 Å². The van der Waals surface area contributed by atoms with E-state index in [-0.39, 0.29) is 30.9 Å². The summed E-state index contributed by atoms with van der Waals surface area (Å²) < 4.78 is 6.70. The van der Waals surface area contributed by atoms with E-state index in [1.807, 2.05) is 63.3 Å². The molecule has 0 bridgehead atoms. The number of carbonyl (C=O) groups is 3. The molecule has 5 rings (SSSR count). The van der Waals surface area contributed by atoms with Gasteiger partial charge in [0.2, 0.25) is 11.8 Å². The highest BCUT2D eigenvalue weighted by Gasteiger charge is 2.74. The van der Waals surface area contributed by atoms with Crippen molar-refractivity contribution in [1.29, 1.82) is 0 Å². The minimum Gasteiger partial charge on any atom is -0.395 e. The summed E-state index contributed by atoms with van der Waals surface area (Å²) >= 11 is 0. The molecule has 4 heterocycles. The maximum atomic E-state index is 14.2. The second kappa shape index (κ2) is 7.78. The summed E-state index contributed by atoms with van der Waals surface area (Å²) in [5.74, 6) is -2.39. The normalized spacial score (nSPS) is 34.8. The largest absolute Gasteiger partial charge is 0.395 e. The van der Waals surface area contributed by atoms with Gasteiger partial charge in [-0.25, -0.2) is 0 Å². The molecule has 34 heavy (non-hydrogen) atoms. The number of benzene rings is 1. The Hall–Kier alpha value is -2.97. The van der Waals surface area contributed by atoms with E-state index >= 15 is 0 Å². The number of hydrogen-bond acceptors (Lipinski definition) is 5. The number of likely N-dealkylation sites (tertiary alicyclic amines) is 1. The van der Waals surface area contributed by atoms with Gasteiger partial charge in [0.15, 0.2) is 0 Å². The SMILES string of the molecule is Cc1cccc(C)c1N1CC=C[C@]23O[C@@]4(C)C=CCN(C)C(=O)[C@H]4[C@H]2C(=O)N(CCO)C3C1=O. The summed E-state index contributed by atoms with van der Waals surface area (Å²) in [7, 11) is 1.71. The van der Waals surface area contributed by atoms with Crippen LogP contribution in [0, 0.1) is 25.7 Å². The van der Waals surface area contributed by atoms with Crippen molar-refractivity contribution in [3.63, 3.8) is 0 Å². The number of β-amino-alcohol motifs (C(OH)–C–C–N with tert-alkyl or cyclic N) is 1. The summed E-state index contributed by atoms with van der Waals surface area (Å²) in [6, 6.07) is 4.88. The number of hydrogen-bond donors (Lipinski definition) is 1. The second-order valence-electron chi connectivity index (χ2n) is 9.97. The van der Waals surface area contributed by atoms with Gasteiger partial charge in [-0.1, -0.05) is 42.5 Å². The van der Waals surface area contributed by atoms with Crippen LogP contribution in [0.1, 0.15) is 18.1 Å². The number of aliphatic hydroxyl groups is 1. The van der Waals surface area contributed by atoms with E-state index in [4.69, 9.17) is 4.74 Å². The summed E-state index contributed by atoms with van der Waals surface area (Å²) in [4.78, 5) is 46.3. The fraction of sp³-hybridized carbons (Fsp3) is 0.500. The van der Waals surface area contributed by atoms with Crippen LogP contribution in [0.5, 0.6) is 0 Å². The predicted octanol–water partition coefficient (Wildman–Crippen LogP) is 1.20. The number of anilines is 1. The number of aliphatic hydroxyl groups excluding tert-OH is 1. The molecule has 0 saturated carbocycles. The maximum absolute atomic E-state index is 14.2. The Morgan fingerprint density at radius 2 is 1.68 bits per heavy atom. The number of likely N-dealkylation sites (N-methyl/N-ethyl adjacent to an activating group) is 1. The van der Waals surface area contributed by atoms with Gasteiger partial charge in [-0.3, -0.25) is 14.4 Å². The molecule has 1 spiro atoms. The second-order valence-corrected chi connectivity index (χ2v) is 9.97. The van der Waals surface area contributed by atoms with Gasteiger partial charge >= 0.3 is 0 Å². The average Bonchev–Trinajstić information content (AvgIpc) is 3.05. The lowest BCUT2D eigenvalue weighted by Crippen LogP contribution is -2.56. The average molecular weight is 466 g/mol. The first kappa shape index (κ1) is 22.8. The lowest BCUT2D eigenvalue weighted by atomic mass is 9.74. The molecule has 0 aromatic heterocycles. The zero-order valence-electron chi connectivity index (χ0n) is 20.0. The van der Waals surface area contributed by atoms with Crippen LogP contribution in [0.25, 0.3) is 0 Å². The van der Waals surface area contributed by atoms with E-state index < -0.39 is 29.1 Å². The molecule has 1 aromatic carbocycles. The molecular weight excluding hydrogens is 434 g/mol. The number of aryl methyl sites for hydroxylation is 2. The molecule has 1 aromatic rings. The van der Waals surface area contributed by atoms with Crippen LogP contribution in [0.2, 0.25) is 0 Å². The Balaban J connectivity index is 1.68. The Labute approximate surface area is 199 Å². The van der Waals surface area contributed by atoms with Crippen LogP contribution < -0.4 is 4.90 Å². The Bertz CT molecular complexity index is 1110. The van der Waals surface area contributed by atoms with Gasteiger partial charge in [0.1, 0.15) is 11.6 Å². The van der Waals surface area contributed by atoms with E-state index in [1.165, 1.54) is 4.90 Å². The van der Waals surface area contributed by atoms with Crippen LogP contribution in [0.4, 0.5) is 5.69 Å². The zero-order valence-corrected chi connectivity index (χ0v) is 20.0. The van der Waals surface area contributed by atoms with Crippen molar-refractivity contribution in [2.24, 2.45) is 11.8 Å². The predicted molar refractivity (Wildman–Crippen MR) is 126 cm³/mol. The lowest BCUT2D eigenvalue weighted by molar-refractivity contribution is -0.148. The van der Waals surface area contributed by atoms with E-state index in [2.05, 4.69) is 0 Å². The molecular formula is C26H31N3O5. The van der Waals surface area contributed by atoms with Crippen molar-refractivity contribution in [3.8, 4) is 0 Å². The van der Waals surface area contributed by atoms with Gasteiger partial charge in [-0.15, -0.1) is 0 Å². The number of amides is 3. The molecule has 0 radical (unpaired) electrons. The number of ether oxygens (including phenoxy) is 1. The smallest absolute Gasteiger partial charge is 0.253 e. The van der Waals surface area contributed by atoms with Crippen LogP contribution in [0.3, 0.4) is 0 Å². The highest BCUT2D eigenvalue weighted by atomic mass is 16.5. The monoisotopic (exact) mass is 465 g/mol. The summed E-state index contributed by atoms with van der Waals surface area (Å²) in [5.41, 5.74) is 0.396. The number of fused-ring (bicyclic) bond motifs is 2. The molecule has 180 valence electrons.